The minimum atomic E-state index is 0.240. The molecule has 0 bridgehead atoms. The van der Waals surface area contributed by atoms with Crippen molar-refractivity contribution in [3.63, 3.8) is 0 Å². The number of nitrogens with one attached hydrogen (secondary N) is 2. The van der Waals surface area contributed by atoms with E-state index in [1.807, 2.05) is 11.8 Å². The van der Waals surface area contributed by atoms with Gasteiger partial charge in [-0.25, -0.2) is 0 Å². The van der Waals surface area contributed by atoms with Crippen molar-refractivity contribution in [1.82, 2.24) is 10.6 Å². The summed E-state index contributed by atoms with van der Waals surface area (Å²) in [5, 5.41) is 7.40. The standard InChI is InChI=1S/C9H22N2S/c1-8(12-5)10-6-7-11-9(2,3)4/h8,10-11H,6-7H2,1-5H3. The fraction of sp³-hybridized carbons (Fsp3) is 1.00. The minimum Gasteiger partial charge on any atom is -0.311 e. The molecule has 0 spiro atoms. The summed E-state index contributed by atoms with van der Waals surface area (Å²) in [4.78, 5) is 0. The first kappa shape index (κ1) is 12.3. The summed E-state index contributed by atoms with van der Waals surface area (Å²) in [7, 11) is 0. The summed E-state index contributed by atoms with van der Waals surface area (Å²) in [5.41, 5.74) is 0.240. The Morgan fingerprint density at radius 1 is 1.25 bits per heavy atom. The maximum atomic E-state index is 3.43. The normalized spacial score (nSPS) is 14.8. The molecule has 0 fully saturated rings. The van der Waals surface area contributed by atoms with Gasteiger partial charge in [-0.1, -0.05) is 0 Å². The van der Waals surface area contributed by atoms with Gasteiger partial charge in [0, 0.05) is 18.6 Å². The van der Waals surface area contributed by atoms with Crippen LogP contribution in [0.3, 0.4) is 0 Å². The first-order chi connectivity index (χ1) is 5.45. The fourth-order valence-electron chi connectivity index (χ4n) is 0.796. The van der Waals surface area contributed by atoms with Crippen LogP contribution in [0.15, 0.2) is 0 Å². The molecule has 0 aliphatic heterocycles. The Hall–Kier alpha value is 0.270. The molecule has 0 saturated carbocycles. The van der Waals surface area contributed by atoms with E-state index in [1.165, 1.54) is 0 Å². The zero-order chi connectivity index (χ0) is 9.61. The second-order valence-corrected chi connectivity index (χ2v) is 5.19. The molecular formula is C9H22N2S. The molecule has 0 radical (unpaired) electrons. The van der Waals surface area contributed by atoms with Crippen molar-refractivity contribution in [2.24, 2.45) is 0 Å². The highest BCUT2D eigenvalue weighted by Crippen LogP contribution is 2.00. The Balaban J connectivity index is 3.22. The number of hydrogen-bond acceptors (Lipinski definition) is 3. The Labute approximate surface area is 80.9 Å². The molecule has 0 aromatic carbocycles. The van der Waals surface area contributed by atoms with Crippen LogP contribution in [-0.2, 0) is 0 Å². The SMILES string of the molecule is CSC(C)NCCNC(C)(C)C. The predicted octanol–water partition coefficient (Wildman–Crippen LogP) is 1.67. The van der Waals surface area contributed by atoms with E-state index < -0.39 is 0 Å². The van der Waals surface area contributed by atoms with E-state index in [2.05, 4.69) is 44.6 Å². The summed E-state index contributed by atoms with van der Waals surface area (Å²) >= 11 is 1.84. The van der Waals surface area contributed by atoms with Crippen LogP contribution in [0.5, 0.6) is 0 Å². The van der Waals surface area contributed by atoms with E-state index in [1.54, 1.807) is 0 Å². The topological polar surface area (TPSA) is 24.1 Å². The monoisotopic (exact) mass is 190 g/mol. The maximum absolute atomic E-state index is 3.43. The highest BCUT2D eigenvalue weighted by molar-refractivity contribution is 7.99. The van der Waals surface area contributed by atoms with Crippen molar-refractivity contribution in [1.29, 1.82) is 0 Å². The van der Waals surface area contributed by atoms with Crippen molar-refractivity contribution in [3.8, 4) is 0 Å². The number of hydrogen-bond donors (Lipinski definition) is 2. The van der Waals surface area contributed by atoms with Crippen LogP contribution in [0.1, 0.15) is 27.7 Å². The third-order valence-corrected chi connectivity index (χ3v) is 2.44. The van der Waals surface area contributed by atoms with Gasteiger partial charge in [0.25, 0.3) is 0 Å². The Morgan fingerprint density at radius 3 is 2.25 bits per heavy atom. The zero-order valence-electron chi connectivity index (χ0n) is 8.90. The lowest BCUT2D eigenvalue weighted by molar-refractivity contribution is 0.421. The third kappa shape index (κ3) is 8.37. The van der Waals surface area contributed by atoms with Crippen molar-refractivity contribution in [2.45, 2.75) is 38.6 Å². The van der Waals surface area contributed by atoms with Gasteiger partial charge in [-0.05, 0) is 34.0 Å². The van der Waals surface area contributed by atoms with Crippen LogP contribution in [0, 0.1) is 0 Å². The molecule has 3 heteroatoms. The number of thioether (sulfide) groups is 1. The lowest BCUT2D eigenvalue weighted by atomic mass is 10.1. The molecule has 0 heterocycles. The molecule has 0 aromatic rings. The molecule has 2 N–H and O–H groups in total. The van der Waals surface area contributed by atoms with E-state index in [4.69, 9.17) is 0 Å². The van der Waals surface area contributed by atoms with Crippen LogP contribution in [0.2, 0.25) is 0 Å². The van der Waals surface area contributed by atoms with E-state index in [0.717, 1.165) is 13.1 Å². The number of rotatable bonds is 5. The molecule has 0 aromatic heterocycles. The average molecular weight is 190 g/mol. The van der Waals surface area contributed by atoms with Crippen LogP contribution in [-0.4, -0.2) is 30.3 Å². The molecular weight excluding hydrogens is 168 g/mol. The van der Waals surface area contributed by atoms with Gasteiger partial charge in [-0.15, -0.1) is 11.8 Å². The molecule has 12 heavy (non-hydrogen) atoms. The van der Waals surface area contributed by atoms with Crippen molar-refractivity contribution in [3.05, 3.63) is 0 Å². The van der Waals surface area contributed by atoms with Crippen LogP contribution >= 0.6 is 11.8 Å². The molecule has 0 rings (SSSR count). The Bertz CT molecular complexity index is 110. The van der Waals surface area contributed by atoms with Gasteiger partial charge in [-0.3, -0.25) is 0 Å². The van der Waals surface area contributed by atoms with Crippen LogP contribution in [0.4, 0.5) is 0 Å². The average Bonchev–Trinajstić information content (AvgIpc) is 1.96. The van der Waals surface area contributed by atoms with E-state index in [0.29, 0.717) is 5.37 Å². The van der Waals surface area contributed by atoms with Gasteiger partial charge < -0.3 is 10.6 Å². The largest absolute Gasteiger partial charge is 0.311 e. The van der Waals surface area contributed by atoms with E-state index >= 15 is 0 Å². The van der Waals surface area contributed by atoms with Crippen LogP contribution < -0.4 is 10.6 Å². The molecule has 0 saturated heterocycles. The third-order valence-electron chi connectivity index (χ3n) is 1.57. The van der Waals surface area contributed by atoms with Crippen molar-refractivity contribution < 1.29 is 0 Å². The highest BCUT2D eigenvalue weighted by atomic mass is 32.2. The van der Waals surface area contributed by atoms with E-state index in [-0.39, 0.29) is 5.54 Å². The lowest BCUT2D eigenvalue weighted by Gasteiger charge is -2.21. The second kappa shape index (κ2) is 5.84. The predicted molar refractivity (Wildman–Crippen MR) is 58.7 cm³/mol. The highest BCUT2D eigenvalue weighted by Gasteiger charge is 2.07. The minimum absolute atomic E-state index is 0.240. The Kier molecular flexibility index (Phi) is 5.97. The first-order valence-corrected chi connectivity index (χ1v) is 5.75. The molecule has 0 aliphatic rings. The molecule has 0 aliphatic carbocycles. The first-order valence-electron chi connectivity index (χ1n) is 4.47. The van der Waals surface area contributed by atoms with E-state index in [9.17, 15) is 0 Å². The summed E-state index contributed by atoms with van der Waals surface area (Å²) in [6.45, 7) is 10.8. The fourth-order valence-corrected chi connectivity index (χ4v) is 1.08. The van der Waals surface area contributed by atoms with Crippen molar-refractivity contribution in [2.75, 3.05) is 19.3 Å². The van der Waals surface area contributed by atoms with Gasteiger partial charge in [-0.2, -0.15) is 0 Å². The van der Waals surface area contributed by atoms with Gasteiger partial charge in [0.2, 0.25) is 0 Å². The molecule has 0 amide bonds. The molecule has 1 atom stereocenters. The zero-order valence-corrected chi connectivity index (χ0v) is 9.72. The summed E-state index contributed by atoms with van der Waals surface area (Å²) < 4.78 is 0. The quantitative estimate of drug-likeness (QED) is 0.509. The van der Waals surface area contributed by atoms with Gasteiger partial charge in [0.05, 0.1) is 5.37 Å². The maximum Gasteiger partial charge on any atom is 0.0501 e. The smallest absolute Gasteiger partial charge is 0.0501 e. The second-order valence-electron chi connectivity index (χ2n) is 4.01. The van der Waals surface area contributed by atoms with Gasteiger partial charge in [0.1, 0.15) is 0 Å². The summed E-state index contributed by atoms with van der Waals surface area (Å²) in [6.07, 6.45) is 2.12. The summed E-state index contributed by atoms with van der Waals surface area (Å²) in [6, 6.07) is 0. The molecule has 1 unspecified atom stereocenters. The van der Waals surface area contributed by atoms with Gasteiger partial charge in [0.15, 0.2) is 0 Å². The van der Waals surface area contributed by atoms with Crippen LogP contribution in [0.25, 0.3) is 0 Å². The van der Waals surface area contributed by atoms with Gasteiger partial charge >= 0.3 is 0 Å². The Morgan fingerprint density at radius 2 is 1.83 bits per heavy atom. The molecule has 74 valence electrons. The lowest BCUT2D eigenvalue weighted by Crippen LogP contribution is -2.41. The molecule has 2 nitrogen and oxygen atoms in total. The van der Waals surface area contributed by atoms with Crippen molar-refractivity contribution >= 4 is 11.8 Å². The summed E-state index contributed by atoms with van der Waals surface area (Å²) in [5.74, 6) is 0.